The number of hydrogen-bond acceptors (Lipinski definition) is 5. The van der Waals surface area contributed by atoms with Crippen LogP contribution < -0.4 is 10.6 Å². The van der Waals surface area contributed by atoms with Crippen molar-refractivity contribution < 1.29 is 18.0 Å². The Labute approximate surface area is 152 Å². The van der Waals surface area contributed by atoms with Gasteiger partial charge in [0.2, 0.25) is 5.95 Å². The molecule has 0 saturated carbocycles. The number of amides is 1. The van der Waals surface area contributed by atoms with Crippen molar-refractivity contribution in [2.45, 2.75) is 12.7 Å². The molecule has 3 aromatic rings. The number of nitrogens with one attached hydrogen (secondary N) is 2. The summed E-state index contributed by atoms with van der Waals surface area (Å²) in [5.74, 6) is -0.448. The summed E-state index contributed by atoms with van der Waals surface area (Å²) in [5, 5.41) is 5.21. The summed E-state index contributed by atoms with van der Waals surface area (Å²) in [7, 11) is 0. The molecule has 2 heterocycles. The Bertz CT molecular complexity index is 914. The van der Waals surface area contributed by atoms with Gasteiger partial charge in [-0.05, 0) is 23.8 Å². The Morgan fingerprint density at radius 2 is 1.74 bits per heavy atom. The van der Waals surface area contributed by atoms with E-state index in [1.807, 2.05) is 6.07 Å². The van der Waals surface area contributed by atoms with Gasteiger partial charge >= 0.3 is 6.18 Å². The Hall–Kier alpha value is -3.49. The van der Waals surface area contributed by atoms with Crippen LogP contribution in [0.1, 0.15) is 21.5 Å². The number of carbonyl (C=O) groups is 1. The molecule has 0 radical (unpaired) electrons. The third kappa shape index (κ3) is 4.78. The standard InChI is InChI=1S/C18H14F3N5O/c19-18(20,21)14-5-1-2-6-15(14)26-16(27)13-10-24-17(25-11-13)23-9-12-4-3-7-22-8-12/h1-8,10-11H,9H2,(H,26,27)(H,23,24,25). The summed E-state index contributed by atoms with van der Waals surface area (Å²) in [4.78, 5) is 24.2. The van der Waals surface area contributed by atoms with Crippen LogP contribution in [0.25, 0.3) is 0 Å². The molecule has 138 valence electrons. The average molecular weight is 373 g/mol. The van der Waals surface area contributed by atoms with Crippen LogP contribution in [0.3, 0.4) is 0 Å². The molecule has 0 spiro atoms. The third-order valence-corrected chi connectivity index (χ3v) is 3.57. The number of benzene rings is 1. The maximum absolute atomic E-state index is 13.0. The van der Waals surface area contributed by atoms with Crippen molar-refractivity contribution >= 4 is 17.5 Å². The van der Waals surface area contributed by atoms with Crippen molar-refractivity contribution in [3.63, 3.8) is 0 Å². The van der Waals surface area contributed by atoms with Gasteiger partial charge in [-0.25, -0.2) is 9.97 Å². The van der Waals surface area contributed by atoms with Crippen LogP contribution in [-0.4, -0.2) is 20.9 Å². The zero-order valence-electron chi connectivity index (χ0n) is 13.9. The topological polar surface area (TPSA) is 79.8 Å². The van der Waals surface area contributed by atoms with Crippen molar-refractivity contribution in [3.8, 4) is 0 Å². The first-order valence-electron chi connectivity index (χ1n) is 7.86. The van der Waals surface area contributed by atoms with E-state index in [-0.39, 0.29) is 17.2 Å². The molecule has 0 aliphatic carbocycles. The number of carbonyl (C=O) groups excluding carboxylic acids is 1. The minimum absolute atomic E-state index is 0.0407. The second-order valence-electron chi connectivity index (χ2n) is 5.51. The van der Waals surface area contributed by atoms with E-state index >= 15 is 0 Å². The van der Waals surface area contributed by atoms with Gasteiger partial charge in [-0.2, -0.15) is 13.2 Å². The largest absolute Gasteiger partial charge is 0.418 e. The van der Waals surface area contributed by atoms with Crippen molar-refractivity contribution in [2.24, 2.45) is 0 Å². The van der Waals surface area contributed by atoms with Crippen LogP contribution in [0.2, 0.25) is 0 Å². The summed E-state index contributed by atoms with van der Waals surface area (Å²) < 4.78 is 39.0. The number of para-hydroxylation sites is 1. The molecule has 2 N–H and O–H groups in total. The lowest BCUT2D eigenvalue weighted by Gasteiger charge is -2.13. The highest BCUT2D eigenvalue weighted by molar-refractivity contribution is 6.04. The number of alkyl halides is 3. The predicted molar refractivity (Wildman–Crippen MR) is 93.0 cm³/mol. The van der Waals surface area contributed by atoms with Gasteiger partial charge < -0.3 is 10.6 Å². The SMILES string of the molecule is O=C(Nc1ccccc1C(F)(F)F)c1cnc(NCc2cccnc2)nc1. The number of halogens is 3. The highest BCUT2D eigenvalue weighted by Gasteiger charge is 2.33. The van der Waals surface area contributed by atoms with E-state index in [9.17, 15) is 18.0 Å². The van der Waals surface area contributed by atoms with Gasteiger partial charge in [0.1, 0.15) is 0 Å². The fraction of sp³-hybridized carbons (Fsp3) is 0.111. The Morgan fingerprint density at radius 1 is 1.00 bits per heavy atom. The maximum atomic E-state index is 13.0. The molecule has 3 rings (SSSR count). The molecule has 0 aliphatic heterocycles. The first-order valence-corrected chi connectivity index (χ1v) is 7.86. The number of pyridine rings is 1. The summed E-state index contributed by atoms with van der Waals surface area (Å²) >= 11 is 0. The van der Waals surface area contributed by atoms with E-state index in [1.54, 1.807) is 18.5 Å². The monoisotopic (exact) mass is 373 g/mol. The lowest BCUT2D eigenvalue weighted by Crippen LogP contribution is -2.17. The molecule has 0 unspecified atom stereocenters. The molecule has 9 heteroatoms. The minimum Gasteiger partial charge on any atom is -0.350 e. The third-order valence-electron chi connectivity index (χ3n) is 3.57. The van der Waals surface area contributed by atoms with E-state index < -0.39 is 17.6 Å². The van der Waals surface area contributed by atoms with Gasteiger partial charge in [0, 0.05) is 31.3 Å². The van der Waals surface area contributed by atoms with Crippen molar-refractivity contribution in [1.82, 2.24) is 15.0 Å². The molecule has 0 bridgehead atoms. The van der Waals surface area contributed by atoms with Gasteiger partial charge in [0.15, 0.2) is 0 Å². The van der Waals surface area contributed by atoms with Crippen molar-refractivity contribution in [1.29, 1.82) is 0 Å². The van der Waals surface area contributed by atoms with E-state index in [1.165, 1.54) is 30.6 Å². The fourth-order valence-electron chi connectivity index (χ4n) is 2.25. The van der Waals surface area contributed by atoms with Crippen LogP contribution in [0.15, 0.2) is 61.2 Å². The second-order valence-corrected chi connectivity index (χ2v) is 5.51. The molecule has 0 atom stereocenters. The molecular weight excluding hydrogens is 359 g/mol. The Morgan fingerprint density at radius 3 is 2.41 bits per heavy atom. The second kappa shape index (κ2) is 7.81. The van der Waals surface area contributed by atoms with Crippen molar-refractivity contribution in [3.05, 3.63) is 77.9 Å². The predicted octanol–water partition coefficient (Wildman–Crippen LogP) is 3.75. The van der Waals surface area contributed by atoms with E-state index in [0.29, 0.717) is 6.54 Å². The highest BCUT2D eigenvalue weighted by Crippen LogP contribution is 2.34. The molecule has 0 saturated heterocycles. The first-order chi connectivity index (χ1) is 12.9. The molecule has 0 fully saturated rings. The van der Waals surface area contributed by atoms with Crippen LogP contribution >= 0.6 is 0 Å². The Kier molecular flexibility index (Phi) is 5.30. The smallest absolute Gasteiger partial charge is 0.350 e. The molecular formula is C18H14F3N5O. The molecule has 1 aromatic carbocycles. The van der Waals surface area contributed by atoms with Crippen LogP contribution in [0.4, 0.5) is 24.8 Å². The number of rotatable bonds is 5. The lowest BCUT2D eigenvalue weighted by atomic mass is 10.1. The van der Waals surface area contributed by atoms with Crippen LogP contribution in [0.5, 0.6) is 0 Å². The van der Waals surface area contributed by atoms with Gasteiger partial charge in [-0.1, -0.05) is 18.2 Å². The van der Waals surface area contributed by atoms with Gasteiger partial charge in [0.25, 0.3) is 5.91 Å². The summed E-state index contributed by atoms with van der Waals surface area (Å²) in [6, 6.07) is 8.42. The van der Waals surface area contributed by atoms with E-state index in [2.05, 4.69) is 25.6 Å². The number of anilines is 2. The molecule has 1 amide bonds. The molecule has 0 aliphatic rings. The summed E-state index contributed by atoms with van der Waals surface area (Å²) in [5.41, 5.74) is -0.284. The molecule has 27 heavy (non-hydrogen) atoms. The van der Waals surface area contributed by atoms with E-state index in [0.717, 1.165) is 11.6 Å². The van der Waals surface area contributed by atoms with Gasteiger partial charge in [-0.3, -0.25) is 9.78 Å². The maximum Gasteiger partial charge on any atom is 0.418 e. The average Bonchev–Trinajstić information content (AvgIpc) is 2.67. The first kappa shape index (κ1) is 18.3. The van der Waals surface area contributed by atoms with Gasteiger partial charge in [0.05, 0.1) is 16.8 Å². The van der Waals surface area contributed by atoms with Crippen LogP contribution in [-0.2, 0) is 12.7 Å². The number of nitrogens with zero attached hydrogens (tertiary/aromatic N) is 3. The number of aromatic nitrogens is 3. The van der Waals surface area contributed by atoms with E-state index in [4.69, 9.17) is 0 Å². The summed E-state index contributed by atoms with van der Waals surface area (Å²) in [6.45, 7) is 0.443. The van der Waals surface area contributed by atoms with Gasteiger partial charge in [-0.15, -0.1) is 0 Å². The molecule has 2 aromatic heterocycles. The zero-order valence-corrected chi connectivity index (χ0v) is 13.9. The number of hydrogen-bond donors (Lipinski definition) is 2. The highest BCUT2D eigenvalue weighted by atomic mass is 19.4. The minimum atomic E-state index is -4.57. The lowest BCUT2D eigenvalue weighted by molar-refractivity contribution is -0.136. The zero-order chi connectivity index (χ0) is 19.3. The quantitative estimate of drug-likeness (QED) is 0.712. The fourth-order valence-corrected chi connectivity index (χ4v) is 2.25. The van der Waals surface area contributed by atoms with Crippen LogP contribution in [0, 0.1) is 0 Å². The molecule has 6 nitrogen and oxygen atoms in total. The summed E-state index contributed by atoms with van der Waals surface area (Å²) in [6.07, 6.45) is 1.26. The Balaban J connectivity index is 1.66. The normalized spacial score (nSPS) is 11.1. The van der Waals surface area contributed by atoms with Crippen molar-refractivity contribution in [2.75, 3.05) is 10.6 Å².